The number of nitro groups is 1. The minimum Gasteiger partial charge on any atom is -0.351 e. The summed E-state index contributed by atoms with van der Waals surface area (Å²) in [5.74, 6) is -0.194. The fourth-order valence-electron chi connectivity index (χ4n) is 2.36. The molecule has 0 radical (unpaired) electrons. The van der Waals surface area contributed by atoms with Gasteiger partial charge in [-0.15, -0.1) is 12.4 Å². The van der Waals surface area contributed by atoms with E-state index in [1.807, 2.05) is 0 Å². The van der Waals surface area contributed by atoms with Crippen molar-refractivity contribution >= 4 is 24.0 Å². The number of carbonyl (C=O) groups is 1. The van der Waals surface area contributed by atoms with Gasteiger partial charge in [0.05, 0.1) is 11.1 Å². The van der Waals surface area contributed by atoms with Crippen molar-refractivity contribution in [1.82, 2.24) is 15.2 Å². The topological polar surface area (TPSA) is 91.3 Å². The number of nitrogens with zero attached hydrogens (tertiary/aromatic N) is 2. The van der Waals surface area contributed by atoms with E-state index in [4.69, 9.17) is 0 Å². The summed E-state index contributed by atoms with van der Waals surface area (Å²) < 4.78 is 0. The number of hydrogen-bond acceptors (Lipinski definition) is 4. The third-order valence-corrected chi connectivity index (χ3v) is 3.52. The molecule has 2 rings (SSSR count). The molecule has 8 heteroatoms. The highest BCUT2D eigenvalue weighted by Gasteiger charge is 2.24. The monoisotopic (exact) mass is 302 g/mol. The average Bonchev–Trinajstić information content (AvgIpc) is 2.73. The summed E-state index contributed by atoms with van der Waals surface area (Å²) in [4.78, 5) is 26.7. The van der Waals surface area contributed by atoms with Crippen molar-refractivity contribution in [3.63, 3.8) is 0 Å². The molecule has 1 fully saturated rings. The van der Waals surface area contributed by atoms with Crippen molar-refractivity contribution in [3.05, 3.63) is 28.1 Å². The first-order valence-corrected chi connectivity index (χ1v) is 6.40. The molecule has 0 bridgehead atoms. The van der Waals surface area contributed by atoms with Crippen molar-refractivity contribution in [3.8, 4) is 0 Å². The SMILES string of the molecule is CN(C(=O)c1cc([N+](=O)[O-])c[nH]1)C1CCCNCC1.Cl. The predicted octanol–water partition coefficient (Wildman–Crippen LogP) is 1.56. The summed E-state index contributed by atoms with van der Waals surface area (Å²) in [5, 5.41) is 13.9. The molecule has 20 heavy (non-hydrogen) atoms. The van der Waals surface area contributed by atoms with Crippen molar-refractivity contribution in [2.45, 2.75) is 25.3 Å². The van der Waals surface area contributed by atoms with E-state index in [0.717, 1.165) is 32.4 Å². The van der Waals surface area contributed by atoms with Crippen LogP contribution in [0.5, 0.6) is 0 Å². The van der Waals surface area contributed by atoms with E-state index in [2.05, 4.69) is 10.3 Å². The predicted molar refractivity (Wildman–Crippen MR) is 77.3 cm³/mol. The van der Waals surface area contributed by atoms with Crippen LogP contribution in [0.15, 0.2) is 12.3 Å². The largest absolute Gasteiger partial charge is 0.351 e. The minimum absolute atomic E-state index is 0. The Balaban J connectivity index is 0.00000200. The summed E-state index contributed by atoms with van der Waals surface area (Å²) in [7, 11) is 1.75. The second-order valence-electron chi connectivity index (χ2n) is 4.78. The fraction of sp³-hybridized carbons (Fsp3) is 0.583. The van der Waals surface area contributed by atoms with E-state index >= 15 is 0 Å². The molecular formula is C12H19ClN4O3. The molecule has 0 spiro atoms. The van der Waals surface area contributed by atoms with Crippen molar-refractivity contribution in [2.75, 3.05) is 20.1 Å². The number of carbonyl (C=O) groups excluding carboxylic acids is 1. The van der Waals surface area contributed by atoms with Crippen LogP contribution in [0.3, 0.4) is 0 Å². The Bertz CT molecular complexity index is 469. The van der Waals surface area contributed by atoms with Gasteiger partial charge in [0.15, 0.2) is 0 Å². The molecule has 7 nitrogen and oxygen atoms in total. The van der Waals surface area contributed by atoms with Crippen LogP contribution in [-0.2, 0) is 0 Å². The summed E-state index contributed by atoms with van der Waals surface area (Å²) >= 11 is 0. The lowest BCUT2D eigenvalue weighted by Gasteiger charge is -2.26. The Hall–Kier alpha value is -1.60. The van der Waals surface area contributed by atoms with Gasteiger partial charge in [0.2, 0.25) is 0 Å². The van der Waals surface area contributed by atoms with Gasteiger partial charge < -0.3 is 15.2 Å². The van der Waals surface area contributed by atoms with Crippen LogP contribution in [0.4, 0.5) is 5.69 Å². The number of nitrogens with one attached hydrogen (secondary N) is 2. The first-order chi connectivity index (χ1) is 9.09. The molecule has 0 aromatic carbocycles. The first-order valence-electron chi connectivity index (χ1n) is 6.40. The summed E-state index contributed by atoms with van der Waals surface area (Å²) in [6.45, 7) is 1.87. The van der Waals surface area contributed by atoms with Crippen LogP contribution in [-0.4, -0.2) is 46.9 Å². The molecule has 1 aliphatic heterocycles. The van der Waals surface area contributed by atoms with E-state index < -0.39 is 4.92 Å². The molecule has 1 atom stereocenters. The fourth-order valence-corrected chi connectivity index (χ4v) is 2.36. The maximum atomic E-state index is 12.2. The molecular weight excluding hydrogens is 284 g/mol. The number of hydrogen-bond donors (Lipinski definition) is 2. The molecule has 2 heterocycles. The molecule has 1 aromatic heterocycles. The minimum atomic E-state index is -0.511. The van der Waals surface area contributed by atoms with Crippen molar-refractivity contribution in [1.29, 1.82) is 0 Å². The molecule has 1 amide bonds. The lowest BCUT2D eigenvalue weighted by atomic mass is 10.1. The van der Waals surface area contributed by atoms with Crippen molar-refractivity contribution < 1.29 is 9.72 Å². The highest BCUT2D eigenvalue weighted by Crippen LogP contribution is 2.17. The smallest absolute Gasteiger partial charge is 0.287 e. The third-order valence-electron chi connectivity index (χ3n) is 3.52. The molecule has 0 saturated carbocycles. The molecule has 0 aliphatic carbocycles. The van der Waals surface area contributed by atoms with Gasteiger partial charge in [0.1, 0.15) is 5.69 Å². The number of H-pyrrole nitrogens is 1. The van der Waals surface area contributed by atoms with E-state index in [1.165, 1.54) is 12.3 Å². The van der Waals surface area contributed by atoms with E-state index in [0.29, 0.717) is 0 Å². The first kappa shape index (κ1) is 16.5. The number of aromatic nitrogens is 1. The zero-order chi connectivity index (χ0) is 13.8. The third kappa shape index (κ3) is 3.71. The van der Waals surface area contributed by atoms with Crippen LogP contribution < -0.4 is 5.32 Å². The van der Waals surface area contributed by atoms with E-state index in [-0.39, 0.29) is 35.7 Å². The molecule has 2 N–H and O–H groups in total. The summed E-state index contributed by atoms with van der Waals surface area (Å²) in [5.41, 5.74) is 0.186. The average molecular weight is 303 g/mol. The van der Waals surface area contributed by atoms with Crippen molar-refractivity contribution in [2.24, 2.45) is 0 Å². The maximum absolute atomic E-state index is 12.2. The van der Waals surface area contributed by atoms with Gasteiger partial charge >= 0.3 is 0 Å². The van der Waals surface area contributed by atoms with Crippen LogP contribution in [0.25, 0.3) is 0 Å². The number of rotatable bonds is 3. The van der Waals surface area contributed by atoms with Gasteiger partial charge in [-0.2, -0.15) is 0 Å². The van der Waals surface area contributed by atoms with Gasteiger partial charge in [-0.25, -0.2) is 0 Å². The molecule has 1 unspecified atom stereocenters. The normalized spacial score (nSPS) is 18.8. The number of aromatic amines is 1. The highest BCUT2D eigenvalue weighted by atomic mass is 35.5. The maximum Gasteiger partial charge on any atom is 0.287 e. The lowest BCUT2D eigenvalue weighted by Crippen LogP contribution is -2.37. The molecule has 1 aliphatic rings. The van der Waals surface area contributed by atoms with Crippen LogP contribution in [0.2, 0.25) is 0 Å². The Morgan fingerprint density at radius 2 is 2.20 bits per heavy atom. The quantitative estimate of drug-likeness (QED) is 0.655. The second kappa shape index (κ2) is 7.25. The van der Waals surface area contributed by atoms with E-state index in [9.17, 15) is 14.9 Å². The van der Waals surface area contributed by atoms with Crippen LogP contribution >= 0.6 is 12.4 Å². The van der Waals surface area contributed by atoms with Gasteiger partial charge in [-0.1, -0.05) is 0 Å². The molecule has 1 aromatic rings. The Morgan fingerprint density at radius 1 is 1.45 bits per heavy atom. The lowest BCUT2D eigenvalue weighted by molar-refractivity contribution is -0.384. The van der Waals surface area contributed by atoms with Gasteiger partial charge in [0.25, 0.3) is 11.6 Å². The standard InChI is InChI=1S/C12H18N4O3.ClH/c1-15(9-3-2-5-13-6-4-9)12(17)11-7-10(8-14-11)16(18)19;/h7-9,13-14H,2-6H2,1H3;1H. The molecule has 1 saturated heterocycles. The Kier molecular flexibility index (Phi) is 5.97. The molecule has 112 valence electrons. The number of halogens is 1. The van der Waals surface area contributed by atoms with E-state index in [1.54, 1.807) is 11.9 Å². The zero-order valence-corrected chi connectivity index (χ0v) is 12.1. The van der Waals surface area contributed by atoms with Gasteiger partial charge in [0, 0.05) is 19.2 Å². The Morgan fingerprint density at radius 3 is 2.85 bits per heavy atom. The zero-order valence-electron chi connectivity index (χ0n) is 11.3. The highest BCUT2D eigenvalue weighted by molar-refractivity contribution is 5.93. The summed E-state index contributed by atoms with van der Waals surface area (Å²) in [6, 6.07) is 1.47. The van der Waals surface area contributed by atoms with Crippen LogP contribution in [0.1, 0.15) is 29.8 Å². The van der Waals surface area contributed by atoms with Gasteiger partial charge in [-0.05, 0) is 32.4 Å². The van der Waals surface area contributed by atoms with Crippen LogP contribution in [0, 0.1) is 10.1 Å². The summed E-state index contributed by atoms with van der Waals surface area (Å²) in [6.07, 6.45) is 4.14. The Labute approximate surface area is 123 Å². The number of amides is 1. The van der Waals surface area contributed by atoms with Gasteiger partial charge in [-0.3, -0.25) is 14.9 Å². The second-order valence-corrected chi connectivity index (χ2v) is 4.78.